The Hall–Kier alpha value is -1.94. The van der Waals surface area contributed by atoms with E-state index < -0.39 is 6.10 Å². The minimum atomic E-state index is -0.447. The number of carbonyl (C=O) groups excluding carboxylic acids is 1. The van der Waals surface area contributed by atoms with Gasteiger partial charge in [0.25, 0.3) is 5.91 Å². The smallest absolute Gasteiger partial charge is 0.261 e. The maximum absolute atomic E-state index is 12.4. The zero-order valence-corrected chi connectivity index (χ0v) is 17.0. The maximum atomic E-state index is 12.4. The molecule has 0 aliphatic heterocycles. The summed E-state index contributed by atoms with van der Waals surface area (Å²) in [7, 11) is 0. The van der Waals surface area contributed by atoms with E-state index in [1.54, 1.807) is 0 Å². The number of amides is 1. The Labute approximate surface area is 161 Å². The van der Waals surface area contributed by atoms with Gasteiger partial charge in [0.2, 0.25) is 0 Å². The lowest BCUT2D eigenvalue weighted by atomic mass is 10.1. The van der Waals surface area contributed by atoms with E-state index in [-0.39, 0.29) is 5.91 Å². The highest BCUT2D eigenvalue weighted by Gasteiger charge is 2.18. The van der Waals surface area contributed by atoms with Gasteiger partial charge in [-0.25, -0.2) is 0 Å². The van der Waals surface area contributed by atoms with Crippen molar-refractivity contribution in [2.75, 3.05) is 12.3 Å². The van der Waals surface area contributed by atoms with Crippen molar-refractivity contribution in [3.05, 3.63) is 64.7 Å². The Morgan fingerprint density at radius 3 is 2.46 bits per heavy atom. The molecule has 140 valence electrons. The molecule has 1 amide bonds. The van der Waals surface area contributed by atoms with E-state index in [1.165, 1.54) is 11.1 Å². The van der Waals surface area contributed by atoms with Crippen LogP contribution in [-0.4, -0.2) is 24.3 Å². The highest BCUT2D eigenvalue weighted by atomic mass is 32.2. The van der Waals surface area contributed by atoms with Gasteiger partial charge >= 0.3 is 0 Å². The molecule has 0 unspecified atom stereocenters. The molecule has 0 heterocycles. The third kappa shape index (κ3) is 6.41. The average Bonchev–Trinajstić information content (AvgIpc) is 2.63. The van der Waals surface area contributed by atoms with Crippen LogP contribution in [0.1, 0.15) is 35.6 Å². The van der Waals surface area contributed by atoms with Crippen molar-refractivity contribution >= 4 is 17.7 Å². The predicted molar refractivity (Wildman–Crippen MR) is 111 cm³/mol. The van der Waals surface area contributed by atoms with Crippen molar-refractivity contribution in [1.82, 2.24) is 5.32 Å². The lowest BCUT2D eigenvalue weighted by Gasteiger charge is -2.19. The molecule has 0 saturated carbocycles. The van der Waals surface area contributed by atoms with Gasteiger partial charge in [-0.2, -0.15) is 11.8 Å². The third-order valence-corrected chi connectivity index (χ3v) is 5.24. The molecular weight excluding hydrogens is 342 g/mol. The molecule has 0 bridgehead atoms. The van der Waals surface area contributed by atoms with Crippen LogP contribution in [0.2, 0.25) is 0 Å². The Morgan fingerprint density at radius 2 is 1.77 bits per heavy atom. The number of rotatable bonds is 9. The first kappa shape index (κ1) is 20.4. The summed E-state index contributed by atoms with van der Waals surface area (Å²) in [5.74, 6) is 2.61. The number of thioether (sulfide) groups is 1. The van der Waals surface area contributed by atoms with Crippen LogP contribution in [0.4, 0.5) is 0 Å². The topological polar surface area (TPSA) is 38.3 Å². The molecule has 0 aromatic heterocycles. The molecule has 1 N–H and O–H groups in total. The number of nitrogens with one attached hydrogen (secondary N) is 1. The first-order valence-corrected chi connectivity index (χ1v) is 10.3. The summed E-state index contributed by atoms with van der Waals surface area (Å²) in [6.07, 6.45) is 0.202. The Bertz CT molecular complexity index is 713. The molecular formula is C22H29NO2S. The summed E-state index contributed by atoms with van der Waals surface area (Å²) in [5, 5.41) is 3.00. The molecule has 0 spiro atoms. The Kier molecular flexibility index (Phi) is 8.05. The van der Waals surface area contributed by atoms with Gasteiger partial charge in [0, 0.05) is 18.1 Å². The monoisotopic (exact) mass is 371 g/mol. The van der Waals surface area contributed by atoms with Crippen molar-refractivity contribution in [1.29, 1.82) is 0 Å². The molecule has 26 heavy (non-hydrogen) atoms. The van der Waals surface area contributed by atoms with Gasteiger partial charge in [-0.1, -0.05) is 48.9 Å². The van der Waals surface area contributed by atoms with Gasteiger partial charge in [-0.05, 0) is 49.9 Å². The van der Waals surface area contributed by atoms with Crippen LogP contribution >= 0.6 is 11.8 Å². The Morgan fingerprint density at radius 1 is 1.08 bits per heavy atom. The average molecular weight is 372 g/mol. The molecule has 4 heteroatoms. The lowest BCUT2D eigenvalue weighted by Crippen LogP contribution is -2.39. The van der Waals surface area contributed by atoms with Crippen LogP contribution in [0.15, 0.2) is 42.5 Å². The fraction of sp³-hybridized carbons (Fsp3) is 0.409. The minimum Gasteiger partial charge on any atom is -0.480 e. The zero-order chi connectivity index (χ0) is 18.9. The molecule has 0 saturated heterocycles. The second-order valence-electron chi connectivity index (χ2n) is 6.61. The fourth-order valence-corrected chi connectivity index (χ4v) is 3.36. The quantitative estimate of drug-likeness (QED) is 0.642. The Balaban J connectivity index is 1.74. The second kappa shape index (κ2) is 10.3. The van der Waals surface area contributed by atoms with Crippen LogP contribution in [-0.2, 0) is 10.5 Å². The summed E-state index contributed by atoms with van der Waals surface area (Å²) in [4.78, 5) is 12.4. The zero-order valence-electron chi connectivity index (χ0n) is 16.2. The van der Waals surface area contributed by atoms with Crippen LogP contribution in [0.25, 0.3) is 0 Å². The summed E-state index contributed by atoms with van der Waals surface area (Å²) in [5.41, 5.74) is 4.78. The number of ether oxygens (including phenoxy) is 1. The summed E-state index contributed by atoms with van der Waals surface area (Å²) in [6.45, 7) is 8.75. The van der Waals surface area contributed by atoms with E-state index in [0.717, 1.165) is 28.4 Å². The van der Waals surface area contributed by atoms with E-state index in [1.807, 2.05) is 44.7 Å². The first-order chi connectivity index (χ1) is 12.5. The molecule has 0 aliphatic carbocycles. The van der Waals surface area contributed by atoms with E-state index >= 15 is 0 Å². The van der Waals surface area contributed by atoms with Gasteiger partial charge in [0.15, 0.2) is 6.10 Å². The van der Waals surface area contributed by atoms with Gasteiger partial charge in [0.1, 0.15) is 5.75 Å². The molecule has 1 atom stereocenters. The third-order valence-electron chi connectivity index (χ3n) is 4.21. The van der Waals surface area contributed by atoms with Gasteiger partial charge in [-0.3, -0.25) is 4.79 Å². The fourth-order valence-electron chi connectivity index (χ4n) is 2.54. The summed E-state index contributed by atoms with van der Waals surface area (Å²) < 4.78 is 5.96. The number of aryl methyl sites for hydroxylation is 3. The maximum Gasteiger partial charge on any atom is 0.261 e. The molecule has 2 aromatic carbocycles. The van der Waals surface area contributed by atoms with Crippen LogP contribution < -0.4 is 10.1 Å². The van der Waals surface area contributed by atoms with E-state index in [9.17, 15) is 4.79 Å². The van der Waals surface area contributed by atoms with E-state index in [4.69, 9.17) is 4.74 Å². The SMILES string of the molecule is CC[C@@H](Oc1cc(C)ccc1C)C(=O)NCCSCc1ccc(C)cc1. The van der Waals surface area contributed by atoms with E-state index in [2.05, 4.69) is 42.6 Å². The first-order valence-electron chi connectivity index (χ1n) is 9.14. The predicted octanol–water partition coefficient (Wildman–Crippen LogP) is 4.82. The molecule has 2 aromatic rings. The second-order valence-corrected chi connectivity index (χ2v) is 7.72. The van der Waals surface area contributed by atoms with Crippen molar-refractivity contribution in [3.63, 3.8) is 0 Å². The summed E-state index contributed by atoms with van der Waals surface area (Å²) >= 11 is 1.83. The number of benzene rings is 2. The lowest BCUT2D eigenvalue weighted by molar-refractivity contribution is -0.128. The molecule has 3 nitrogen and oxygen atoms in total. The van der Waals surface area contributed by atoms with Crippen molar-refractivity contribution in [2.45, 2.75) is 46.0 Å². The minimum absolute atomic E-state index is 0.0376. The van der Waals surface area contributed by atoms with Crippen molar-refractivity contribution < 1.29 is 9.53 Å². The van der Waals surface area contributed by atoms with E-state index in [0.29, 0.717) is 13.0 Å². The van der Waals surface area contributed by atoms with Crippen LogP contribution in [0.5, 0.6) is 5.75 Å². The van der Waals surface area contributed by atoms with Gasteiger partial charge in [0.05, 0.1) is 0 Å². The molecule has 0 fully saturated rings. The standard InChI is InChI=1S/C22H29NO2S/c1-5-20(25-21-14-17(3)6-9-18(21)4)22(24)23-12-13-26-15-19-10-7-16(2)8-11-19/h6-11,14,20H,5,12-13,15H2,1-4H3,(H,23,24)/t20-/m1/s1. The van der Waals surface area contributed by atoms with Gasteiger partial charge in [-0.15, -0.1) is 0 Å². The van der Waals surface area contributed by atoms with Crippen LogP contribution in [0, 0.1) is 20.8 Å². The largest absolute Gasteiger partial charge is 0.480 e. The van der Waals surface area contributed by atoms with Crippen LogP contribution in [0.3, 0.4) is 0 Å². The number of hydrogen-bond donors (Lipinski definition) is 1. The van der Waals surface area contributed by atoms with Gasteiger partial charge < -0.3 is 10.1 Å². The normalized spacial score (nSPS) is 11.8. The number of carbonyl (C=O) groups is 1. The highest BCUT2D eigenvalue weighted by molar-refractivity contribution is 7.98. The molecule has 2 rings (SSSR count). The summed E-state index contributed by atoms with van der Waals surface area (Å²) in [6, 6.07) is 14.6. The molecule has 0 radical (unpaired) electrons. The number of hydrogen-bond acceptors (Lipinski definition) is 3. The highest BCUT2D eigenvalue weighted by Crippen LogP contribution is 2.21. The van der Waals surface area contributed by atoms with Crippen molar-refractivity contribution in [2.24, 2.45) is 0 Å². The molecule has 0 aliphatic rings. The van der Waals surface area contributed by atoms with Crippen molar-refractivity contribution in [3.8, 4) is 5.75 Å².